The van der Waals surface area contributed by atoms with Crippen molar-refractivity contribution >= 4 is 51.7 Å². The summed E-state index contributed by atoms with van der Waals surface area (Å²) in [5.41, 5.74) is 2.81. The second-order valence-corrected chi connectivity index (χ2v) is 8.95. The highest BCUT2D eigenvalue weighted by atomic mass is 32.2. The number of amides is 1. The number of nitrogens with zero attached hydrogens (tertiary/aromatic N) is 3. The molecule has 0 spiro atoms. The molecule has 1 aliphatic heterocycles. The van der Waals surface area contributed by atoms with Gasteiger partial charge in [-0.15, -0.1) is 0 Å². The lowest BCUT2D eigenvalue weighted by Crippen LogP contribution is -2.31. The number of thiocarbonyl (C=S) groups is 1. The maximum atomic E-state index is 13.3. The Morgan fingerprint density at radius 2 is 1.97 bits per heavy atom. The van der Waals surface area contributed by atoms with Gasteiger partial charge in [0.05, 0.1) is 23.6 Å². The second kappa shape index (κ2) is 9.64. The number of carbonyl (C=O) groups excluding carboxylic acids is 1. The van der Waals surface area contributed by atoms with Gasteiger partial charge in [0.1, 0.15) is 15.8 Å². The van der Waals surface area contributed by atoms with Crippen molar-refractivity contribution in [1.82, 2.24) is 14.3 Å². The zero-order valence-corrected chi connectivity index (χ0v) is 19.3. The first-order chi connectivity index (χ1) is 15.5. The number of methoxy groups -OCH3 is 1. The van der Waals surface area contributed by atoms with E-state index in [4.69, 9.17) is 17.0 Å². The molecule has 2 aromatic heterocycles. The molecule has 7 nitrogen and oxygen atoms in total. The maximum Gasteiger partial charge on any atom is 0.267 e. The summed E-state index contributed by atoms with van der Waals surface area (Å²) in [7, 11) is 1.57. The number of anilines is 1. The lowest BCUT2D eigenvalue weighted by atomic mass is 10.1. The zero-order chi connectivity index (χ0) is 22.7. The van der Waals surface area contributed by atoms with Crippen LogP contribution >= 0.6 is 24.0 Å². The van der Waals surface area contributed by atoms with E-state index in [2.05, 4.69) is 10.3 Å². The van der Waals surface area contributed by atoms with Crippen molar-refractivity contribution in [2.75, 3.05) is 25.6 Å². The molecule has 1 amide bonds. The summed E-state index contributed by atoms with van der Waals surface area (Å²) < 4.78 is 6.98. The molecule has 0 atom stereocenters. The van der Waals surface area contributed by atoms with Gasteiger partial charge in [0.2, 0.25) is 0 Å². The Balaban J connectivity index is 1.73. The van der Waals surface area contributed by atoms with Crippen LogP contribution in [0.2, 0.25) is 0 Å². The van der Waals surface area contributed by atoms with Crippen molar-refractivity contribution in [1.29, 1.82) is 0 Å². The lowest BCUT2D eigenvalue weighted by Gasteiger charge is -2.13. The third kappa shape index (κ3) is 4.59. The Morgan fingerprint density at radius 1 is 1.19 bits per heavy atom. The van der Waals surface area contributed by atoms with E-state index in [1.165, 1.54) is 26.6 Å². The molecule has 1 aromatic carbocycles. The van der Waals surface area contributed by atoms with Crippen molar-refractivity contribution in [3.8, 4) is 0 Å². The molecule has 1 fully saturated rings. The number of benzene rings is 1. The molecule has 0 unspecified atom stereocenters. The molecule has 1 aliphatic rings. The predicted octanol–water partition coefficient (Wildman–Crippen LogP) is 3.46. The summed E-state index contributed by atoms with van der Waals surface area (Å²) in [6, 6.07) is 13.5. The van der Waals surface area contributed by atoms with Gasteiger partial charge in [-0.3, -0.25) is 18.9 Å². The Hall–Kier alpha value is -3.01. The van der Waals surface area contributed by atoms with Crippen LogP contribution in [0, 0.1) is 6.92 Å². The lowest BCUT2D eigenvalue weighted by molar-refractivity contribution is -0.122. The summed E-state index contributed by atoms with van der Waals surface area (Å²) in [5, 5.41) is 3.27. The van der Waals surface area contributed by atoms with Crippen molar-refractivity contribution in [2.45, 2.75) is 13.5 Å². The standard InChI is InChI=1S/C23H22N4O3S2/c1-15-6-8-16(9-7-15)14-24-20-17(21(28)26-10-4-3-5-19(26)25-20)13-18-22(29)27(11-12-30-2)23(31)32-18/h3-10,13,24H,11-12,14H2,1-2H3/b18-13-. The molecule has 0 saturated carbocycles. The number of aryl methyl sites for hydroxylation is 1. The molecule has 32 heavy (non-hydrogen) atoms. The number of pyridine rings is 1. The van der Waals surface area contributed by atoms with Crippen LogP contribution < -0.4 is 10.9 Å². The number of aromatic nitrogens is 2. The normalized spacial score (nSPS) is 15.2. The molecule has 4 rings (SSSR count). The molecule has 3 heterocycles. The van der Waals surface area contributed by atoms with Crippen LogP contribution in [0.3, 0.4) is 0 Å². The van der Waals surface area contributed by atoms with E-state index in [-0.39, 0.29) is 11.5 Å². The van der Waals surface area contributed by atoms with Gasteiger partial charge in [0.25, 0.3) is 11.5 Å². The monoisotopic (exact) mass is 466 g/mol. The fourth-order valence-corrected chi connectivity index (χ4v) is 4.56. The predicted molar refractivity (Wildman–Crippen MR) is 132 cm³/mol. The van der Waals surface area contributed by atoms with E-state index in [0.29, 0.717) is 46.0 Å². The fraction of sp³-hybridized carbons (Fsp3) is 0.217. The van der Waals surface area contributed by atoms with Gasteiger partial charge in [-0.1, -0.05) is 59.9 Å². The first kappa shape index (κ1) is 22.2. The number of ether oxygens (including phenoxy) is 1. The molecule has 1 N–H and O–H groups in total. The van der Waals surface area contributed by atoms with Crippen molar-refractivity contribution in [3.05, 3.63) is 80.6 Å². The number of rotatable bonds is 7. The van der Waals surface area contributed by atoms with Crippen LogP contribution in [-0.2, 0) is 16.1 Å². The first-order valence-corrected chi connectivity index (χ1v) is 11.3. The van der Waals surface area contributed by atoms with Gasteiger partial charge in [-0.2, -0.15) is 0 Å². The van der Waals surface area contributed by atoms with Crippen LogP contribution in [0.25, 0.3) is 11.7 Å². The fourth-order valence-electron chi connectivity index (χ4n) is 3.27. The Kier molecular flexibility index (Phi) is 6.69. The molecule has 3 aromatic rings. The molecular weight excluding hydrogens is 444 g/mol. The zero-order valence-electron chi connectivity index (χ0n) is 17.7. The van der Waals surface area contributed by atoms with E-state index < -0.39 is 0 Å². The van der Waals surface area contributed by atoms with E-state index in [1.54, 1.807) is 31.5 Å². The van der Waals surface area contributed by atoms with Crippen molar-refractivity contribution in [3.63, 3.8) is 0 Å². The van der Waals surface area contributed by atoms with E-state index in [0.717, 1.165) is 5.56 Å². The smallest absolute Gasteiger partial charge is 0.267 e. The summed E-state index contributed by atoms with van der Waals surface area (Å²) in [6.45, 7) is 3.27. The van der Waals surface area contributed by atoms with Gasteiger partial charge >= 0.3 is 0 Å². The number of fused-ring (bicyclic) bond motifs is 1. The largest absolute Gasteiger partial charge is 0.383 e. The van der Waals surface area contributed by atoms with Gasteiger partial charge in [0.15, 0.2) is 0 Å². The third-order valence-corrected chi connectivity index (χ3v) is 6.40. The average Bonchev–Trinajstić information content (AvgIpc) is 3.06. The molecular formula is C23H22N4O3S2. The topological polar surface area (TPSA) is 75.9 Å². The summed E-state index contributed by atoms with van der Waals surface area (Å²) in [5.74, 6) is 0.183. The molecule has 164 valence electrons. The van der Waals surface area contributed by atoms with E-state index >= 15 is 0 Å². The Morgan fingerprint density at radius 3 is 2.72 bits per heavy atom. The van der Waals surface area contributed by atoms with Gasteiger partial charge in [0, 0.05) is 19.9 Å². The number of carbonyl (C=O) groups is 1. The van der Waals surface area contributed by atoms with Gasteiger partial charge < -0.3 is 10.1 Å². The minimum atomic E-state index is -0.260. The van der Waals surface area contributed by atoms with Crippen LogP contribution in [-0.4, -0.2) is 44.8 Å². The summed E-state index contributed by atoms with van der Waals surface area (Å²) in [6.07, 6.45) is 3.24. The average molecular weight is 467 g/mol. The molecule has 0 bridgehead atoms. The summed E-state index contributed by atoms with van der Waals surface area (Å²) in [4.78, 5) is 32.7. The van der Waals surface area contributed by atoms with Crippen LogP contribution in [0.4, 0.5) is 5.82 Å². The second-order valence-electron chi connectivity index (χ2n) is 7.27. The van der Waals surface area contributed by atoms with Crippen LogP contribution in [0.1, 0.15) is 16.7 Å². The SMILES string of the molecule is COCCN1C(=O)/C(=C/c2c(NCc3ccc(C)cc3)nc3ccccn3c2=O)SC1=S. The van der Waals surface area contributed by atoms with E-state index in [1.807, 2.05) is 37.3 Å². The first-order valence-electron chi connectivity index (χ1n) is 10.0. The highest BCUT2D eigenvalue weighted by Crippen LogP contribution is 2.32. The van der Waals surface area contributed by atoms with Crippen molar-refractivity contribution in [2.24, 2.45) is 0 Å². The van der Waals surface area contributed by atoms with Gasteiger partial charge in [-0.25, -0.2) is 4.98 Å². The minimum absolute atomic E-state index is 0.237. The molecule has 1 saturated heterocycles. The van der Waals surface area contributed by atoms with Crippen molar-refractivity contribution < 1.29 is 9.53 Å². The molecule has 9 heteroatoms. The third-order valence-electron chi connectivity index (χ3n) is 5.02. The van der Waals surface area contributed by atoms with E-state index in [9.17, 15) is 9.59 Å². The maximum absolute atomic E-state index is 13.3. The Bertz CT molecular complexity index is 1270. The summed E-state index contributed by atoms with van der Waals surface area (Å²) >= 11 is 6.53. The Labute approximate surface area is 195 Å². The number of nitrogens with one attached hydrogen (secondary N) is 1. The number of hydrogen-bond acceptors (Lipinski definition) is 7. The van der Waals surface area contributed by atoms with Crippen LogP contribution in [0.5, 0.6) is 0 Å². The highest BCUT2D eigenvalue weighted by molar-refractivity contribution is 8.26. The highest BCUT2D eigenvalue weighted by Gasteiger charge is 2.32. The molecule has 0 radical (unpaired) electrons. The molecule has 0 aliphatic carbocycles. The van der Waals surface area contributed by atoms with Gasteiger partial charge in [-0.05, 0) is 30.7 Å². The van der Waals surface area contributed by atoms with Crippen LogP contribution in [0.15, 0.2) is 58.4 Å². The quantitative estimate of drug-likeness (QED) is 0.422. The number of hydrogen-bond donors (Lipinski definition) is 1. The minimum Gasteiger partial charge on any atom is -0.383 e. The number of thioether (sulfide) groups is 1.